The molecule has 18 heavy (non-hydrogen) atoms. The highest BCUT2D eigenvalue weighted by atomic mass is 32.1. The van der Waals surface area contributed by atoms with Gasteiger partial charge in [0.25, 0.3) is 0 Å². The van der Waals surface area contributed by atoms with Crippen molar-refractivity contribution in [2.45, 2.75) is 20.3 Å². The van der Waals surface area contributed by atoms with E-state index >= 15 is 0 Å². The Hall–Kier alpha value is -0.670. The molecule has 3 heteroatoms. The Morgan fingerprint density at radius 1 is 1.11 bits per heavy atom. The van der Waals surface area contributed by atoms with Crippen LogP contribution in [0.3, 0.4) is 0 Å². The second kappa shape index (κ2) is 6.48. The number of hydrogen-bond acceptors (Lipinski definition) is 3. The number of nitrogens with zero attached hydrogens (tertiary/aromatic N) is 2. The molecule has 0 spiro atoms. The van der Waals surface area contributed by atoms with Crippen molar-refractivity contribution in [1.82, 2.24) is 4.90 Å². The second-order valence-electron chi connectivity index (χ2n) is 5.20. The summed E-state index contributed by atoms with van der Waals surface area (Å²) in [5.41, 5.74) is 4.17. The fraction of sp³-hybridized carbons (Fsp3) is 0.600. The maximum Gasteiger partial charge on any atom is 0.0399 e. The first-order valence-electron chi connectivity index (χ1n) is 6.86. The van der Waals surface area contributed by atoms with Gasteiger partial charge in [0, 0.05) is 31.9 Å². The number of thiol groups is 1. The molecule has 1 aliphatic heterocycles. The Kier molecular flexibility index (Phi) is 4.95. The van der Waals surface area contributed by atoms with E-state index in [0.29, 0.717) is 0 Å². The van der Waals surface area contributed by atoms with Crippen molar-refractivity contribution in [1.29, 1.82) is 0 Å². The van der Waals surface area contributed by atoms with Crippen molar-refractivity contribution >= 4 is 18.3 Å². The summed E-state index contributed by atoms with van der Waals surface area (Å²) < 4.78 is 0. The molecule has 0 amide bonds. The minimum atomic E-state index is 0.997. The maximum atomic E-state index is 4.28. The van der Waals surface area contributed by atoms with E-state index < -0.39 is 0 Å². The zero-order valence-corrected chi connectivity index (χ0v) is 12.4. The van der Waals surface area contributed by atoms with Gasteiger partial charge in [-0.3, -0.25) is 4.90 Å². The zero-order chi connectivity index (χ0) is 13.0. The molecule has 1 aliphatic rings. The van der Waals surface area contributed by atoms with E-state index in [9.17, 15) is 0 Å². The Morgan fingerprint density at radius 3 is 2.50 bits per heavy atom. The first kappa shape index (κ1) is 13.8. The lowest BCUT2D eigenvalue weighted by atomic mass is 10.1. The summed E-state index contributed by atoms with van der Waals surface area (Å²) in [6.07, 6.45) is 1.20. The van der Waals surface area contributed by atoms with Crippen LogP contribution in [0.2, 0.25) is 0 Å². The van der Waals surface area contributed by atoms with E-state index in [1.54, 1.807) is 0 Å². The minimum absolute atomic E-state index is 0.997. The predicted octanol–water partition coefficient (Wildman–Crippen LogP) is 2.75. The van der Waals surface area contributed by atoms with E-state index in [1.807, 2.05) is 0 Å². The van der Waals surface area contributed by atoms with Crippen molar-refractivity contribution in [3.05, 3.63) is 29.3 Å². The smallest absolute Gasteiger partial charge is 0.0399 e. The molecule has 0 radical (unpaired) electrons. The van der Waals surface area contributed by atoms with Crippen molar-refractivity contribution in [2.24, 2.45) is 0 Å². The van der Waals surface area contributed by atoms with Crippen LogP contribution >= 0.6 is 12.6 Å². The molecule has 1 aromatic rings. The van der Waals surface area contributed by atoms with Gasteiger partial charge in [-0.05, 0) is 49.8 Å². The molecule has 0 atom stereocenters. The maximum absolute atomic E-state index is 4.28. The topological polar surface area (TPSA) is 6.48 Å². The number of benzene rings is 1. The summed E-state index contributed by atoms with van der Waals surface area (Å²) in [5.74, 6) is 0.997. The molecule has 100 valence electrons. The summed E-state index contributed by atoms with van der Waals surface area (Å²) in [6, 6.07) is 6.75. The molecular weight excluding hydrogens is 240 g/mol. The molecule has 1 fully saturated rings. The predicted molar refractivity (Wildman–Crippen MR) is 83.0 cm³/mol. The van der Waals surface area contributed by atoms with Crippen LogP contribution in [0, 0.1) is 13.8 Å². The van der Waals surface area contributed by atoms with E-state index in [0.717, 1.165) is 18.8 Å². The molecule has 1 saturated heterocycles. The van der Waals surface area contributed by atoms with Gasteiger partial charge in [0.15, 0.2) is 0 Å². The van der Waals surface area contributed by atoms with E-state index in [1.165, 1.54) is 42.9 Å². The summed E-state index contributed by atoms with van der Waals surface area (Å²) in [5, 5.41) is 0. The van der Waals surface area contributed by atoms with Crippen molar-refractivity contribution in [3.63, 3.8) is 0 Å². The number of aryl methyl sites for hydroxylation is 2. The third kappa shape index (κ3) is 3.42. The van der Waals surface area contributed by atoms with Crippen LogP contribution in [0.4, 0.5) is 5.69 Å². The fourth-order valence-corrected chi connectivity index (χ4v) is 2.71. The van der Waals surface area contributed by atoms with E-state index in [-0.39, 0.29) is 0 Å². The summed E-state index contributed by atoms with van der Waals surface area (Å²) in [4.78, 5) is 5.08. The van der Waals surface area contributed by atoms with Crippen LogP contribution < -0.4 is 4.90 Å². The van der Waals surface area contributed by atoms with Gasteiger partial charge in [0.1, 0.15) is 0 Å². The van der Waals surface area contributed by atoms with Crippen molar-refractivity contribution in [3.8, 4) is 0 Å². The highest BCUT2D eigenvalue weighted by Crippen LogP contribution is 2.22. The highest BCUT2D eigenvalue weighted by molar-refractivity contribution is 7.80. The number of hydrogen-bond donors (Lipinski definition) is 1. The average Bonchev–Trinajstić information content (AvgIpc) is 2.40. The molecule has 0 aliphatic carbocycles. The van der Waals surface area contributed by atoms with Gasteiger partial charge in [-0.15, -0.1) is 0 Å². The van der Waals surface area contributed by atoms with Gasteiger partial charge in [-0.1, -0.05) is 12.1 Å². The molecule has 1 aromatic carbocycles. The fourth-order valence-electron chi connectivity index (χ4n) is 2.57. The third-order valence-electron chi connectivity index (χ3n) is 3.71. The Bertz CT molecular complexity index is 384. The zero-order valence-electron chi connectivity index (χ0n) is 11.5. The van der Waals surface area contributed by atoms with Crippen LogP contribution in [0.15, 0.2) is 18.2 Å². The Morgan fingerprint density at radius 2 is 1.83 bits per heavy atom. The van der Waals surface area contributed by atoms with Gasteiger partial charge in [-0.25, -0.2) is 0 Å². The average molecular weight is 264 g/mol. The third-order valence-corrected chi connectivity index (χ3v) is 4.03. The van der Waals surface area contributed by atoms with Crippen molar-refractivity contribution in [2.75, 3.05) is 43.4 Å². The van der Waals surface area contributed by atoms with Crippen LogP contribution in [0.1, 0.15) is 17.5 Å². The van der Waals surface area contributed by atoms with Gasteiger partial charge in [0.05, 0.1) is 0 Å². The van der Waals surface area contributed by atoms with E-state index in [2.05, 4.69) is 54.5 Å². The van der Waals surface area contributed by atoms with Crippen molar-refractivity contribution < 1.29 is 0 Å². The normalized spacial score (nSPS) is 17.2. The summed E-state index contributed by atoms with van der Waals surface area (Å²) in [6.45, 7) is 10.2. The van der Waals surface area contributed by atoms with Crippen LogP contribution in [0.25, 0.3) is 0 Å². The summed E-state index contributed by atoms with van der Waals surface area (Å²) in [7, 11) is 0. The lowest BCUT2D eigenvalue weighted by molar-refractivity contribution is 0.259. The first-order valence-corrected chi connectivity index (χ1v) is 7.49. The molecule has 2 rings (SSSR count). The van der Waals surface area contributed by atoms with E-state index in [4.69, 9.17) is 0 Å². The molecule has 0 N–H and O–H groups in total. The van der Waals surface area contributed by atoms with Crippen LogP contribution in [-0.2, 0) is 0 Å². The second-order valence-corrected chi connectivity index (χ2v) is 5.64. The van der Waals surface area contributed by atoms with Gasteiger partial charge < -0.3 is 4.90 Å². The SMILES string of the molecule is Cc1ccc(C)c(N2CCN(CCCS)CC2)c1. The van der Waals surface area contributed by atoms with Crippen LogP contribution in [-0.4, -0.2) is 43.4 Å². The quantitative estimate of drug-likeness (QED) is 0.836. The lowest BCUT2D eigenvalue weighted by Crippen LogP contribution is -2.46. The number of rotatable bonds is 4. The molecular formula is C15H24N2S. The lowest BCUT2D eigenvalue weighted by Gasteiger charge is -2.37. The van der Waals surface area contributed by atoms with Crippen LogP contribution in [0.5, 0.6) is 0 Å². The van der Waals surface area contributed by atoms with Gasteiger partial charge in [0.2, 0.25) is 0 Å². The molecule has 0 saturated carbocycles. The Balaban J connectivity index is 1.94. The number of anilines is 1. The summed E-state index contributed by atoms with van der Waals surface area (Å²) >= 11 is 4.28. The van der Waals surface area contributed by atoms with Gasteiger partial charge in [-0.2, -0.15) is 12.6 Å². The largest absolute Gasteiger partial charge is 0.369 e. The standard InChI is InChI=1S/C15H24N2S/c1-13-4-5-14(2)15(12-13)17-9-7-16(8-10-17)6-3-11-18/h4-5,12,18H,3,6-11H2,1-2H3. The minimum Gasteiger partial charge on any atom is -0.369 e. The molecule has 0 unspecified atom stereocenters. The number of piperazine rings is 1. The molecule has 0 aromatic heterocycles. The monoisotopic (exact) mass is 264 g/mol. The molecule has 2 nitrogen and oxygen atoms in total. The Labute approximate surface area is 116 Å². The van der Waals surface area contributed by atoms with Gasteiger partial charge >= 0.3 is 0 Å². The molecule has 1 heterocycles. The molecule has 0 bridgehead atoms. The highest BCUT2D eigenvalue weighted by Gasteiger charge is 2.17. The first-order chi connectivity index (χ1) is 8.70.